The van der Waals surface area contributed by atoms with Crippen LogP contribution in [0, 0.1) is 3.57 Å². The molecular formula is C11H10IN3O2. The van der Waals surface area contributed by atoms with Gasteiger partial charge in [-0.3, -0.25) is 9.78 Å². The number of benzene rings is 1. The van der Waals surface area contributed by atoms with Gasteiger partial charge in [0, 0.05) is 5.56 Å². The molecule has 88 valence electrons. The summed E-state index contributed by atoms with van der Waals surface area (Å²) in [4.78, 5) is 18.1. The number of hydrogen-bond donors (Lipinski definition) is 2. The zero-order valence-corrected chi connectivity index (χ0v) is 11.2. The summed E-state index contributed by atoms with van der Waals surface area (Å²) >= 11 is 1.95. The number of nitrogens with zero attached hydrogens (tertiary/aromatic N) is 1. The van der Waals surface area contributed by atoms with Crippen molar-refractivity contribution >= 4 is 28.5 Å². The molecule has 0 atom stereocenters. The van der Waals surface area contributed by atoms with Crippen LogP contribution >= 0.6 is 22.6 Å². The van der Waals surface area contributed by atoms with Crippen molar-refractivity contribution in [3.05, 3.63) is 38.2 Å². The number of H-pyrrole nitrogens is 1. The fourth-order valence-electron chi connectivity index (χ4n) is 1.42. The normalized spacial score (nSPS) is 10.2. The van der Waals surface area contributed by atoms with Crippen molar-refractivity contribution in [3.63, 3.8) is 0 Å². The number of methoxy groups -OCH3 is 1. The third-order valence-electron chi connectivity index (χ3n) is 2.24. The first kappa shape index (κ1) is 11.9. The maximum absolute atomic E-state index is 11.5. The number of nitrogen functional groups attached to an aromatic ring is 1. The molecule has 0 unspecified atom stereocenters. The fraction of sp³-hybridized carbons (Fsp3) is 0.0909. The van der Waals surface area contributed by atoms with Crippen molar-refractivity contribution in [2.75, 3.05) is 12.8 Å². The van der Waals surface area contributed by atoms with Gasteiger partial charge in [-0.05, 0) is 46.9 Å². The maximum Gasteiger partial charge on any atom is 0.266 e. The molecule has 1 aromatic heterocycles. The summed E-state index contributed by atoms with van der Waals surface area (Å²) < 4.78 is 5.58. The van der Waals surface area contributed by atoms with E-state index in [4.69, 9.17) is 10.5 Å². The maximum atomic E-state index is 11.5. The van der Waals surface area contributed by atoms with Crippen LogP contribution in [0.5, 0.6) is 5.75 Å². The molecule has 0 fully saturated rings. The average Bonchev–Trinajstić information content (AvgIpc) is 2.34. The highest BCUT2D eigenvalue weighted by Gasteiger charge is 2.09. The number of ether oxygens (including phenoxy) is 1. The Hall–Kier alpha value is -1.57. The minimum atomic E-state index is -0.232. The molecule has 2 rings (SSSR count). The summed E-state index contributed by atoms with van der Waals surface area (Å²) in [5.74, 6) is 0.864. The summed E-state index contributed by atoms with van der Waals surface area (Å²) in [6.45, 7) is 0. The van der Waals surface area contributed by atoms with Gasteiger partial charge in [0.05, 0.1) is 12.8 Å². The predicted molar refractivity (Wildman–Crippen MR) is 74.0 cm³/mol. The summed E-state index contributed by atoms with van der Waals surface area (Å²) in [5.41, 5.74) is 6.70. The first-order valence-corrected chi connectivity index (χ1v) is 5.89. The fourth-order valence-corrected chi connectivity index (χ4v) is 1.98. The topological polar surface area (TPSA) is 81.0 Å². The van der Waals surface area contributed by atoms with Gasteiger partial charge in [-0.2, -0.15) is 0 Å². The molecule has 3 N–H and O–H groups in total. The predicted octanol–water partition coefficient (Wildman–Crippen LogP) is 1.63. The van der Waals surface area contributed by atoms with E-state index in [1.54, 1.807) is 7.11 Å². The zero-order valence-electron chi connectivity index (χ0n) is 9.03. The Morgan fingerprint density at radius 1 is 1.35 bits per heavy atom. The van der Waals surface area contributed by atoms with Crippen LogP contribution in [0.4, 0.5) is 5.95 Å². The van der Waals surface area contributed by atoms with E-state index in [2.05, 4.69) is 9.97 Å². The molecule has 0 radical (unpaired) electrons. The quantitative estimate of drug-likeness (QED) is 0.813. The van der Waals surface area contributed by atoms with Crippen LogP contribution in [-0.2, 0) is 0 Å². The molecule has 0 spiro atoms. The summed E-state index contributed by atoms with van der Waals surface area (Å²) in [6, 6.07) is 7.29. The molecule has 17 heavy (non-hydrogen) atoms. The lowest BCUT2D eigenvalue weighted by molar-refractivity contribution is 0.415. The Kier molecular flexibility index (Phi) is 3.32. The molecule has 0 aliphatic carbocycles. The first-order valence-electron chi connectivity index (χ1n) is 4.81. The summed E-state index contributed by atoms with van der Waals surface area (Å²) in [6.07, 6.45) is 0. The largest absolute Gasteiger partial charge is 0.497 e. The molecular weight excluding hydrogens is 333 g/mol. The van der Waals surface area contributed by atoms with Gasteiger partial charge in [-0.1, -0.05) is 0 Å². The SMILES string of the molecule is COc1ccc(-c2nc(N)[nH]c(=O)c2I)cc1. The number of nitrogens with two attached hydrogens (primary N) is 1. The van der Waals surface area contributed by atoms with Crippen LogP contribution in [0.15, 0.2) is 29.1 Å². The number of hydrogen-bond acceptors (Lipinski definition) is 4. The molecule has 0 bridgehead atoms. The summed E-state index contributed by atoms with van der Waals surface area (Å²) in [7, 11) is 1.60. The molecule has 0 amide bonds. The second kappa shape index (κ2) is 4.74. The molecule has 1 heterocycles. The molecule has 6 heteroatoms. The van der Waals surface area contributed by atoms with Crippen molar-refractivity contribution < 1.29 is 4.74 Å². The first-order chi connectivity index (χ1) is 8.11. The van der Waals surface area contributed by atoms with Gasteiger partial charge in [0.1, 0.15) is 9.32 Å². The van der Waals surface area contributed by atoms with Gasteiger partial charge in [-0.15, -0.1) is 0 Å². The highest BCUT2D eigenvalue weighted by molar-refractivity contribution is 14.1. The van der Waals surface area contributed by atoms with Gasteiger partial charge in [-0.25, -0.2) is 4.98 Å². The lowest BCUT2D eigenvalue weighted by Crippen LogP contribution is -2.15. The third-order valence-corrected chi connectivity index (χ3v) is 3.25. The van der Waals surface area contributed by atoms with E-state index in [-0.39, 0.29) is 11.5 Å². The molecule has 0 aliphatic rings. The number of aromatic nitrogens is 2. The van der Waals surface area contributed by atoms with Gasteiger partial charge < -0.3 is 10.5 Å². The minimum Gasteiger partial charge on any atom is -0.497 e. The number of aromatic amines is 1. The van der Waals surface area contributed by atoms with E-state index >= 15 is 0 Å². The van der Waals surface area contributed by atoms with Crippen molar-refractivity contribution in [3.8, 4) is 17.0 Å². The minimum absolute atomic E-state index is 0.112. The molecule has 0 saturated heterocycles. The Morgan fingerprint density at radius 3 is 2.59 bits per heavy atom. The van der Waals surface area contributed by atoms with Crippen LogP contribution in [0.25, 0.3) is 11.3 Å². The monoisotopic (exact) mass is 343 g/mol. The Bertz CT molecular complexity index is 593. The van der Waals surface area contributed by atoms with Crippen molar-refractivity contribution in [2.45, 2.75) is 0 Å². The van der Waals surface area contributed by atoms with E-state index in [0.717, 1.165) is 11.3 Å². The van der Waals surface area contributed by atoms with Gasteiger partial charge in [0.2, 0.25) is 5.95 Å². The van der Waals surface area contributed by atoms with Gasteiger partial charge in [0.15, 0.2) is 0 Å². The van der Waals surface area contributed by atoms with Crippen LogP contribution < -0.4 is 16.0 Å². The number of anilines is 1. The van der Waals surface area contributed by atoms with Gasteiger partial charge in [0.25, 0.3) is 5.56 Å². The summed E-state index contributed by atoms with van der Waals surface area (Å²) in [5, 5.41) is 0. The molecule has 5 nitrogen and oxygen atoms in total. The van der Waals surface area contributed by atoms with E-state index in [9.17, 15) is 4.79 Å². The second-order valence-corrected chi connectivity index (χ2v) is 4.42. The van der Waals surface area contributed by atoms with Crippen molar-refractivity contribution in [1.29, 1.82) is 0 Å². The van der Waals surface area contributed by atoms with Gasteiger partial charge >= 0.3 is 0 Å². The molecule has 2 aromatic rings. The Balaban J connectivity index is 2.56. The third kappa shape index (κ3) is 2.41. The number of halogens is 1. The van der Waals surface area contributed by atoms with E-state index < -0.39 is 0 Å². The Labute approximate surface area is 111 Å². The van der Waals surface area contributed by atoms with E-state index in [0.29, 0.717) is 9.26 Å². The number of rotatable bonds is 2. The second-order valence-electron chi connectivity index (χ2n) is 3.34. The number of nitrogens with one attached hydrogen (secondary N) is 1. The van der Waals surface area contributed by atoms with Crippen LogP contribution in [0.1, 0.15) is 0 Å². The van der Waals surface area contributed by atoms with Crippen LogP contribution in [0.3, 0.4) is 0 Å². The standard InChI is InChI=1S/C11H10IN3O2/c1-17-7-4-2-6(3-5-7)9-8(12)10(16)15-11(13)14-9/h2-5H,1H3,(H3,13,14,15,16). The van der Waals surface area contributed by atoms with Crippen molar-refractivity contribution in [1.82, 2.24) is 9.97 Å². The smallest absolute Gasteiger partial charge is 0.266 e. The highest BCUT2D eigenvalue weighted by Crippen LogP contribution is 2.23. The Morgan fingerprint density at radius 2 is 2.00 bits per heavy atom. The molecule has 1 aromatic carbocycles. The lowest BCUT2D eigenvalue weighted by atomic mass is 10.1. The molecule has 0 aliphatic heterocycles. The molecule has 0 saturated carbocycles. The lowest BCUT2D eigenvalue weighted by Gasteiger charge is -2.05. The van der Waals surface area contributed by atoms with Crippen molar-refractivity contribution in [2.24, 2.45) is 0 Å². The average molecular weight is 343 g/mol. The van der Waals surface area contributed by atoms with E-state index in [1.165, 1.54) is 0 Å². The highest BCUT2D eigenvalue weighted by atomic mass is 127. The van der Waals surface area contributed by atoms with E-state index in [1.807, 2.05) is 46.9 Å². The van der Waals surface area contributed by atoms with Crippen LogP contribution in [0.2, 0.25) is 0 Å². The zero-order chi connectivity index (χ0) is 12.4. The van der Waals surface area contributed by atoms with Crippen LogP contribution in [-0.4, -0.2) is 17.1 Å².